The van der Waals surface area contributed by atoms with Gasteiger partial charge in [-0.3, -0.25) is 34.5 Å². The zero-order valence-electron chi connectivity index (χ0n) is 61.9. The van der Waals surface area contributed by atoms with Crippen LogP contribution in [-0.2, 0) is 30.3 Å². The maximum Gasteiger partial charge on any atom is 0.318 e. The fraction of sp³-hybridized carbons (Fsp3) is 0.654. The summed E-state index contributed by atoms with van der Waals surface area (Å²) in [7, 11) is 6.03. The zero-order chi connectivity index (χ0) is 70.8. The molecule has 0 radical (unpaired) electrons. The van der Waals surface area contributed by atoms with Gasteiger partial charge in [0.1, 0.15) is 29.7 Å². The number of rotatable bonds is 25. The van der Waals surface area contributed by atoms with Crippen molar-refractivity contribution in [2.75, 3.05) is 50.4 Å². The molecular formula is C78H126FN8O7P. The molecule has 0 spiro atoms. The van der Waals surface area contributed by atoms with Gasteiger partial charge < -0.3 is 30.0 Å². The Morgan fingerprint density at radius 2 is 1.60 bits per heavy atom. The second kappa shape index (κ2) is 44.3. The predicted octanol–water partition coefficient (Wildman–Crippen LogP) is 17.8. The van der Waals surface area contributed by atoms with Crippen molar-refractivity contribution in [3.8, 4) is 23.0 Å². The summed E-state index contributed by atoms with van der Waals surface area (Å²) >= 11 is 0. The van der Waals surface area contributed by atoms with Gasteiger partial charge in [-0.2, -0.15) is 9.97 Å². The quantitative estimate of drug-likeness (QED) is 0.0216. The summed E-state index contributed by atoms with van der Waals surface area (Å²) in [6.45, 7) is 34.9. The number of methoxy groups -OCH3 is 2. The monoisotopic (exact) mass is 1340 g/mol. The van der Waals surface area contributed by atoms with Gasteiger partial charge in [0.15, 0.2) is 0 Å². The topological polar surface area (TPSA) is 193 Å². The second-order valence-electron chi connectivity index (χ2n) is 26.4. The van der Waals surface area contributed by atoms with E-state index in [0.29, 0.717) is 65.3 Å². The van der Waals surface area contributed by atoms with Crippen molar-refractivity contribution < 1.29 is 38.1 Å². The van der Waals surface area contributed by atoms with E-state index in [1.165, 1.54) is 109 Å². The minimum Gasteiger partial charge on any atom is -0.508 e. The highest BCUT2D eigenvalue weighted by Crippen LogP contribution is 2.52. The first-order valence-electron chi connectivity index (χ1n) is 36.5. The van der Waals surface area contributed by atoms with Crippen LogP contribution in [0.15, 0.2) is 48.7 Å². The number of nitrogens with one attached hydrogen (secondary N) is 1. The smallest absolute Gasteiger partial charge is 0.318 e. The van der Waals surface area contributed by atoms with Gasteiger partial charge in [0.05, 0.1) is 37.0 Å². The number of amides is 3. The molecule has 5 atom stereocenters. The molecule has 3 saturated heterocycles. The Morgan fingerprint density at radius 3 is 2.16 bits per heavy atom. The number of hydrogen-bond acceptors (Lipinski definition) is 13. The van der Waals surface area contributed by atoms with Crippen LogP contribution in [0.4, 0.5) is 15.9 Å². The van der Waals surface area contributed by atoms with Gasteiger partial charge in [-0.25, -0.2) is 4.39 Å². The molecule has 15 nitrogen and oxygen atoms in total. The first kappa shape index (κ1) is 83.6. The third-order valence-electron chi connectivity index (χ3n) is 18.8. The van der Waals surface area contributed by atoms with Crippen molar-refractivity contribution in [1.29, 1.82) is 0 Å². The van der Waals surface area contributed by atoms with Crippen LogP contribution in [0.3, 0.4) is 0 Å². The van der Waals surface area contributed by atoms with E-state index in [0.717, 1.165) is 121 Å². The molecule has 5 heterocycles. The van der Waals surface area contributed by atoms with Crippen LogP contribution in [0.1, 0.15) is 261 Å². The highest BCUT2D eigenvalue weighted by Gasteiger charge is 2.41. The fourth-order valence-corrected chi connectivity index (χ4v) is 14.7. The average molecular weight is 1340 g/mol. The molecule has 3 aliphatic heterocycles. The van der Waals surface area contributed by atoms with Gasteiger partial charge in [0.2, 0.25) is 17.7 Å². The minimum atomic E-state index is -0.622. The Balaban J connectivity index is 0.000000342. The van der Waals surface area contributed by atoms with E-state index in [9.17, 15) is 23.9 Å². The Morgan fingerprint density at radius 1 is 0.916 bits per heavy atom. The number of phenolic OH excluding ortho intramolecular Hbond substituents is 1. The first-order valence-corrected chi connectivity index (χ1v) is 37.1. The molecule has 3 amide bonds. The molecule has 4 N–H and O–H groups in total. The summed E-state index contributed by atoms with van der Waals surface area (Å²) in [6.07, 6.45) is 28.3. The number of fused-ring (bicyclic) bond motifs is 3. The number of piperidine rings is 1. The number of pyridine rings is 1. The third kappa shape index (κ3) is 24.1. The minimum absolute atomic E-state index is 0.0634. The van der Waals surface area contributed by atoms with E-state index in [1.54, 1.807) is 29.3 Å². The number of aldehydes is 1. The molecule has 9 rings (SSSR count). The fourth-order valence-electron chi connectivity index (χ4n) is 14.2. The van der Waals surface area contributed by atoms with E-state index in [-0.39, 0.29) is 41.7 Å². The highest BCUT2D eigenvalue weighted by atomic mass is 31.0. The summed E-state index contributed by atoms with van der Waals surface area (Å²) in [4.78, 5) is 65.9. The second-order valence-corrected chi connectivity index (χ2v) is 26.9. The maximum absolute atomic E-state index is 14.7. The van der Waals surface area contributed by atoms with Gasteiger partial charge in [-0.05, 0) is 185 Å². The summed E-state index contributed by atoms with van der Waals surface area (Å²) in [5, 5.41) is 15.7. The molecule has 0 bridgehead atoms. The summed E-state index contributed by atoms with van der Waals surface area (Å²) in [6, 6.07) is 13.9. The Hall–Kier alpha value is -5.67. The molecule has 2 aromatic heterocycles. The lowest BCUT2D eigenvalue weighted by Gasteiger charge is -2.47. The number of phenols is 1. The number of halogens is 1. The lowest BCUT2D eigenvalue weighted by molar-refractivity contribution is -0.135. The summed E-state index contributed by atoms with van der Waals surface area (Å²) in [5.41, 5.74) is 12.3. The van der Waals surface area contributed by atoms with Crippen molar-refractivity contribution in [2.45, 2.75) is 276 Å². The number of aromatic hydroxyl groups is 1. The number of benzene rings is 3. The van der Waals surface area contributed by atoms with Crippen molar-refractivity contribution in [3.63, 3.8) is 0 Å². The predicted molar refractivity (Wildman–Crippen MR) is 399 cm³/mol. The van der Waals surface area contributed by atoms with Crippen LogP contribution in [0.5, 0.6) is 11.8 Å². The van der Waals surface area contributed by atoms with Crippen molar-refractivity contribution in [1.82, 2.24) is 25.2 Å². The van der Waals surface area contributed by atoms with Crippen LogP contribution in [0, 0.1) is 30.0 Å². The van der Waals surface area contributed by atoms with Gasteiger partial charge >= 0.3 is 6.01 Å². The number of aromatic nitrogens is 3. The zero-order valence-corrected chi connectivity index (χ0v) is 63.0. The van der Waals surface area contributed by atoms with Gasteiger partial charge in [-0.15, -0.1) is 9.24 Å². The largest absolute Gasteiger partial charge is 0.508 e. The number of unbranched alkanes of at least 4 members (excludes halogenated alkanes) is 1. The van der Waals surface area contributed by atoms with Crippen LogP contribution < -0.4 is 30.9 Å². The Bertz CT molecular complexity index is 3090. The highest BCUT2D eigenvalue weighted by molar-refractivity contribution is 7.28. The first-order chi connectivity index (χ1) is 45.7. The molecule has 1 saturated carbocycles. The molecule has 532 valence electrons. The Kier molecular flexibility index (Phi) is 39.0. The van der Waals surface area contributed by atoms with Crippen molar-refractivity contribution >= 4 is 71.7 Å². The molecule has 5 aromatic rings. The van der Waals surface area contributed by atoms with Crippen LogP contribution >= 0.6 is 9.24 Å². The van der Waals surface area contributed by atoms with E-state index >= 15 is 0 Å². The van der Waals surface area contributed by atoms with Crippen LogP contribution in [0.2, 0.25) is 0 Å². The SMILES string of the molecule is CC.CC=O.CCC.CCCC(=O)N(c1ccc(C(CCC)CCC)cc1C)C1CCC(=O)NC1=O.CCCC1(CCC(C)CC)CC(C)C1.CCCCN(CN)c1nc(OC)nc2c(P)c(-c3cc(O)cc4ccc(F)c(CC)c34)ncc12.COCC1CCC2CCCN21. The molecule has 4 fully saturated rings. The number of carbonyl (C=O) groups is 4. The van der Waals surface area contributed by atoms with E-state index in [1.807, 2.05) is 52.7 Å². The number of aryl methyl sites for hydroxylation is 2. The number of hydrogen-bond donors (Lipinski definition) is 3. The number of ether oxygens (including phenoxy) is 2. The molecule has 1 aliphatic carbocycles. The van der Waals surface area contributed by atoms with Crippen LogP contribution in [-0.4, -0.2) is 108 Å². The number of nitrogens with two attached hydrogens (primary N) is 1. The number of imide groups is 1. The van der Waals surface area contributed by atoms with Crippen LogP contribution in [0.25, 0.3) is 32.9 Å². The standard InChI is InChI=1S/C25H29FN5O2P.C23H34N2O3.C14H28.C9H17NO.C3H8.C2H4O.C2H6/c1-4-6-9-31(13-27)24-18-12-28-21(23(34)22(18)29-25(30-24)33-3)17-11-15(32)10-14-7-8-19(26)16(5-2)20(14)17;1-5-8-17(9-6-2)18-11-12-19(16(4)15-18)25(22(27)10-7-3)20-13-14-21(26)24-23(20)28;1-5-8-14(10-13(4)11-14)9-7-12(3)6-2;1-11-7-9-5-4-8-3-2-6-10(8)9;1-3-2;1-2-3;1-2/h7-8,10-12,32H,4-6,9,13,27,34H2,1-3H3;11-12,15,17,20H,5-10,13-14H2,1-4H3,(H,24,26,28);12-13H,5-11H2,1-4H3;8-9H,2-7H2,1H3;3H2,1-2H3;2H,1H3;1-2H3. The molecule has 17 heteroatoms. The summed E-state index contributed by atoms with van der Waals surface area (Å²) < 4.78 is 25.3. The van der Waals surface area contributed by atoms with Gasteiger partial charge in [0.25, 0.3) is 0 Å². The molecule has 95 heavy (non-hydrogen) atoms. The van der Waals surface area contributed by atoms with Gasteiger partial charge in [0, 0.05) is 61.3 Å². The Labute approximate surface area is 575 Å². The van der Waals surface area contributed by atoms with E-state index in [2.05, 4.69) is 104 Å². The lowest BCUT2D eigenvalue weighted by Crippen LogP contribution is -2.54. The average Bonchev–Trinajstić information content (AvgIpc) is 1.30. The van der Waals surface area contributed by atoms with E-state index < -0.39 is 6.04 Å². The third-order valence-corrected chi connectivity index (χ3v) is 19.3. The van der Waals surface area contributed by atoms with E-state index in [4.69, 9.17) is 25.0 Å². The number of carbonyl (C=O) groups excluding carboxylic acids is 4. The van der Waals surface area contributed by atoms with Gasteiger partial charge in [-0.1, -0.05) is 153 Å². The number of nitrogens with zero attached hydrogens (tertiary/aromatic N) is 6. The maximum atomic E-state index is 14.7. The number of anilines is 2. The van der Waals surface area contributed by atoms with Crippen molar-refractivity contribution in [2.24, 2.45) is 23.0 Å². The molecular weight excluding hydrogens is 1210 g/mol. The molecule has 4 aliphatic rings. The normalized spacial score (nSPS) is 18.8. The molecule has 3 aromatic carbocycles. The lowest BCUT2D eigenvalue weighted by atomic mass is 9.58. The summed E-state index contributed by atoms with van der Waals surface area (Å²) in [5.74, 6) is 2.23. The molecule has 5 unspecified atom stereocenters. The van der Waals surface area contributed by atoms with Crippen molar-refractivity contribution in [3.05, 3.63) is 71.2 Å².